The summed E-state index contributed by atoms with van der Waals surface area (Å²) in [5.41, 5.74) is 12.0. The van der Waals surface area contributed by atoms with E-state index in [0.29, 0.717) is 12.1 Å². The Morgan fingerprint density at radius 2 is 1.96 bits per heavy atom. The molecule has 1 aliphatic heterocycles. The minimum atomic E-state index is -0.200. The zero-order valence-electron chi connectivity index (χ0n) is 15.9. The monoisotopic (exact) mass is 374 g/mol. The Balaban J connectivity index is 1.72. The van der Waals surface area contributed by atoms with E-state index < -0.39 is 0 Å². The van der Waals surface area contributed by atoms with Crippen LogP contribution in [0.25, 0.3) is 11.3 Å². The molecule has 3 N–H and O–H groups in total. The third-order valence-electron chi connectivity index (χ3n) is 5.18. The third kappa shape index (κ3) is 3.12. The predicted octanol–water partition coefficient (Wildman–Crippen LogP) is 3.24. The number of aliphatic hydroxyl groups is 1. The maximum atomic E-state index is 13.1. The highest BCUT2D eigenvalue weighted by atomic mass is 16.3. The Morgan fingerprint density at radius 1 is 1.21 bits per heavy atom. The van der Waals surface area contributed by atoms with Gasteiger partial charge in [0.2, 0.25) is 5.95 Å². The molecule has 2 heterocycles. The number of amides is 1. The smallest absolute Gasteiger partial charge is 0.254 e. The molecule has 6 nitrogen and oxygen atoms in total. The number of anilines is 1. The van der Waals surface area contributed by atoms with Crippen LogP contribution in [0.1, 0.15) is 45.7 Å². The van der Waals surface area contributed by atoms with E-state index in [9.17, 15) is 9.90 Å². The molecule has 0 aliphatic carbocycles. The van der Waals surface area contributed by atoms with Crippen LogP contribution in [-0.2, 0) is 13.2 Å². The molecule has 142 valence electrons. The van der Waals surface area contributed by atoms with Crippen LogP contribution in [-0.4, -0.2) is 25.9 Å². The number of aromatic nitrogens is 2. The summed E-state index contributed by atoms with van der Waals surface area (Å²) in [6, 6.07) is 14.9. The van der Waals surface area contributed by atoms with Crippen LogP contribution >= 0.6 is 0 Å². The van der Waals surface area contributed by atoms with Crippen molar-refractivity contribution < 1.29 is 9.90 Å². The summed E-state index contributed by atoms with van der Waals surface area (Å²) in [4.78, 5) is 23.8. The Labute approximate surface area is 163 Å². The molecule has 1 amide bonds. The normalized spacial score (nSPS) is 15.5. The quantitative estimate of drug-likeness (QED) is 0.734. The highest BCUT2D eigenvalue weighted by Gasteiger charge is 2.35. The van der Waals surface area contributed by atoms with Crippen LogP contribution < -0.4 is 5.73 Å². The van der Waals surface area contributed by atoms with Crippen molar-refractivity contribution in [2.75, 3.05) is 5.73 Å². The lowest BCUT2D eigenvalue weighted by Crippen LogP contribution is -2.28. The minimum Gasteiger partial charge on any atom is -0.392 e. The molecule has 0 radical (unpaired) electrons. The molecule has 2 aromatic carbocycles. The molecule has 1 aromatic heterocycles. The highest BCUT2D eigenvalue weighted by Crippen LogP contribution is 2.38. The number of nitrogens with zero attached hydrogens (tertiary/aromatic N) is 3. The first-order valence-corrected chi connectivity index (χ1v) is 9.22. The van der Waals surface area contributed by atoms with Gasteiger partial charge in [-0.25, -0.2) is 9.97 Å². The van der Waals surface area contributed by atoms with Crippen molar-refractivity contribution in [1.82, 2.24) is 14.9 Å². The average Bonchev–Trinajstić information content (AvgIpc) is 3.03. The van der Waals surface area contributed by atoms with E-state index in [4.69, 9.17) is 5.73 Å². The highest BCUT2D eigenvalue weighted by molar-refractivity contribution is 5.95. The van der Waals surface area contributed by atoms with Gasteiger partial charge >= 0.3 is 0 Å². The van der Waals surface area contributed by atoms with Crippen LogP contribution in [0, 0.1) is 6.92 Å². The number of hydrogen-bond donors (Lipinski definition) is 2. The number of nitrogen functional groups attached to an aromatic ring is 1. The molecule has 28 heavy (non-hydrogen) atoms. The SMILES string of the molecule is Cc1cccc(-c2nc(N)nc3c2CN(C(=O)c2ccc(CO)cc2)[C@@H]3C)c1. The average molecular weight is 374 g/mol. The van der Waals surface area contributed by atoms with Crippen molar-refractivity contribution in [3.63, 3.8) is 0 Å². The summed E-state index contributed by atoms with van der Waals surface area (Å²) in [7, 11) is 0. The molecule has 0 fully saturated rings. The zero-order valence-corrected chi connectivity index (χ0v) is 15.9. The molecule has 0 saturated carbocycles. The number of nitrogens with two attached hydrogens (primary N) is 1. The van der Waals surface area contributed by atoms with E-state index >= 15 is 0 Å². The van der Waals surface area contributed by atoms with Gasteiger partial charge < -0.3 is 15.7 Å². The minimum absolute atomic E-state index is 0.0469. The fraction of sp³-hybridized carbons (Fsp3) is 0.227. The number of aryl methyl sites for hydroxylation is 1. The van der Waals surface area contributed by atoms with Crippen molar-refractivity contribution in [2.24, 2.45) is 0 Å². The lowest BCUT2D eigenvalue weighted by molar-refractivity contribution is 0.0703. The van der Waals surface area contributed by atoms with Crippen molar-refractivity contribution >= 4 is 11.9 Å². The summed E-state index contributed by atoms with van der Waals surface area (Å²) in [5, 5.41) is 9.20. The van der Waals surface area contributed by atoms with Gasteiger partial charge in [-0.2, -0.15) is 0 Å². The lowest BCUT2D eigenvalue weighted by atomic mass is 10.0. The fourth-order valence-electron chi connectivity index (χ4n) is 3.67. The summed E-state index contributed by atoms with van der Waals surface area (Å²) >= 11 is 0. The molecule has 1 atom stereocenters. The number of rotatable bonds is 3. The molecule has 0 spiro atoms. The largest absolute Gasteiger partial charge is 0.392 e. The Bertz CT molecular complexity index is 1050. The molecular formula is C22H22N4O2. The first kappa shape index (κ1) is 18.1. The summed E-state index contributed by atoms with van der Waals surface area (Å²) < 4.78 is 0. The molecule has 1 aliphatic rings. The summed E-state index contributed by atoms with van der Waals surface area (Å²) in [5.74, 6) is 0.132. The van der Waals surface area contributed by atoms with E-state index in [1.807, 2.05) is 32.0 Å². The number of carbonyl (C=O) groups excluding carboxylic acids is 1. The van der Waals surface area contributed by atoms with Crippen LogP contribution in [0.5, 0.6) is 0 Å². The van der Waals surface area contributed by atoms with Gasteiger partial charge in [-0.05, 0) is 37.6 Å². The van der Waals surface area contributed by atoms with Crippen molar-refractivity contribution in [1.29, 1.82) is 0 Å². The van der Waals surface area contributed by atoms with E-state index in [0.717, 1.165) is 33.6 Å². The fourth-order valence-corrected chi connectivity index (χ4v) is 3.67. The van der Waals surface area contributed by atoms with Gasteiger partial charge in [-0.15, -0.1) is 0 Å². The molecule has 0 unspecified atom stereocenters. The number of hydrogen-bond acceptors (Lipinski definition) is 5. The van der Waals surface area contributed by atoms with Gasteiger partial charge in [0, 0.05) is 16.7 Å². The summed E-state index contributed by atoms with van der Waals surface area (Å²) in [6.45, 7) is 4.37. The van der Waals surface area contributed by atoms with E-state index in [1.165, 1.54) is 0 Å². The summed E-state index contributed by atoms with van der Waals surface area (Å²) in [6.07, 6.45) is 0. The first-order chi connectivity index (χ1) is 13.5. The van der Waals surface area contributed by atoms with Crippen LogP contribution in [0.4, 0.5) is 5.95 Å². The Hall–Kier alpha value is -3.25. The zero-order chi connectivity index (χ0) is 19.8. The standard InChI is InChI=1S/C22H22N4O2/c1-13-4-3-5-17(10-13)20-18-11-26(14(2)19(18)24-22(23)25-20)21(28)16-8-6-15(12-27)7-9-16/h3-10,14,27H,11-12H2,1-2H3,(H2,23,24,25)/t14-/m1/s1. The number of fused-ring (bicyclic) bond motifs is 1. The Morgan fingerprint density at radius 3 is 2.64 bits per heavy atom. The van der Waals surface area contributed by atoms with Gasteiger partial charge in [0.15, 0.2) is 0 Å². The molecule has 3 aromatic rings. The van der Waals surface area contributed by atoms with Gasteiger partial charge in [-0.3, -0.25) is 4.79 Å². The van der Waals surface area contributed by atoms with E-state index in [-0.39, 0.29) is 24.5 Å². The van der Waals surface area contributed by atoms with Crippen LogP contribution in [0.15, 0.2) is 48.5 Å². The maximum absolute atomic E-state index is 13.1. The Kier molecular flexibility index (Phi) is 4.57. The van der Waals surface area contributed by atoms with E-state index in [1.54, 1.807) is 29.2 Å². The topological polar surface area (TPSA) is 92.3 Å². The number of benzene rings is 2. The number of aliphatic hydroxyl groups excluding tert-OH is 1. The molecular weight excluding hydrogens is 352 g/mol. The second kappa shape index (κ2) is 7.05. The second-order valence-electron chi connectivity index (χ2n) is 7.13. The van der Waals surface area contributed by atoms with Crippen molar-refractivity contribution in [3.8, 4) is 11.3 Å². The third-order valence-corrected chi connectivity index (χ3v) is 5.18. The number of carbonyl (C=O) groups is 1. The predicted molar refractivity (Wildman–Crippen MR) is 107 cm³/mol. The lowest BCUT2D eigenvalue weighted by Gasteiger charge is -2.21. The van der Waals surface area contributed by atoms with Gasteiger partial charge in [-0.1, -0.05) is 35.9 Å². The maximum Gasteiger partial charge on any atom is 0.254 e. The molecule has 6 heteroatoms. The van der Waals surface area contributed by atoms with Crippen molar-refractivity contribution in [2.45, 2.75) is 33.0 Å². The first-order valence-electron chi connectivity index (χ1n) is 9.22. The molecule has 0 bridgehead atoms. The second-order valence-corrected chi connectivity index (χ2v) is 7.13. The van der Waals surface area contributed by atoms with Gasteiger partial charge in [0.25, 0.3) is 5.91 Å². The van der Waals surface area contributed by atoms with E-state index in [2.05, 4.69) is 16.0 Å². The molecule has 4 rings (SSSR count). The van der Waals surface area contributed by atoms with Crippen LogP contribution in [0.3, 0.4) is 0 Å². The van der Waals surface area contributed by atoms with Gasteiger partial charge in [0.05, 0.1) is 30.6 Å². The van der Waals surface area contributed by atoms with Crippen molar-refractivity contribution in [3.05, 3.63) is 76.5 Å². The molecule has 0 saturated heterocycles. The van der Waals surface area contributed by atoms with Crippen LogP contribution in [0.2, 0.25) is 0 Å². The van der Waals surface area contributed by atoms with Gasteiger partial charge in [0.1, 0.15) is 0 Å².